The Morgan fingerprint density at radius 2 is 0.923 bits per heavy atom. The monoisotopic (exact) mass is 292 g/mol. The normalized spacial score (nSPS) is 12.3. The van der Waals surface area contributed by atoms with E-state index in [2.05, 4.69) is 0 Å². The van der Waals surface area contributed by atoms with Crippen LogP contribution in [0.4, 0.5) is 0 Å². The molecule has 0 saturated carbocycles. The molecule has 0 fully saturated rings. The second-order valence-electron chi connectivity index (χ2n) is 2.32. The standard InChI is InChI=1S/C4H13O4P.Cl3P/c5-1-9(2-6,3-7)4-8;1-4(2)3/h5-9H,1-4H2;. The van der Waals surface area contributed by atoms with E-state index in [0.29, 0.717) is 0 Å². The van der Waals surface area contributed by atoms with Gasteiger partial charge in [-0.3, -0.25) is 0 Å². The van der Waals surface area contributed by atoms with Crippen LogP contribution in [0.5, 0.6) is 0 Å². The Labute approximate surface area is 92.9 Å². The second-order valence-corrected chi connectivity index (χ2v) is 11.6. The van der Waals surface area contributed by atoms with Crippen LogP contribution in [0.2, 0.25) is 0 Å². The zero-order chi connectivity index (χ0) is 10.9. The van der Waals surface area contributed by atoms with Crippen LogP contribution in [0.15, 0.2) is 0 Å². The molecule has 13 heavy (non-hydrogen) atoms. The van der Waals surface area contributed by atoms with Crippen LogP contribution >= 0.6 is 47.0 Å². The molecule has 4 N–H and O–H groups in total. The van der Waals surface area contributed by atoms with Crippen molar-refractivity contribution in [3.05, 3.63) is 0 Å². The van der Waals surface area contributed by atoms with Crippen molar-refractivity contribution in [3.8, 4) is 0 Å². The Morgan fingerprint density at radius 3 is 0.923 bits per heavy atom. The molecule has 0 aromatic heterocycles. The molecule has 0 aliphatic heterocycles. The Hall–Kier alpha value is 1.57. The summed E-state index contributed by atoms with van der Waals surface area (Å²) in [6.45, 7) is 0. The first-order valence-electron chi connectivity index (χ1n) is 3.19. The van der Waals surface area contributed by atoms with E-state index in [9.17, 15) is 0 Å². The van der Waals surface area contributed by atoms with Gasteiger partial charge in [-0.15, -0.1) is 0 Å². The van der Waals surface area contributed by atoms with Crippen molar-refractivity contribution < 1.29 is 20.4 Å². The van der Waals surface area contributed by atoms with Gasteiger partial charge in [0.1, 0.15) is 0 Å². The van der Waals surface area contributed by atoms with E-state index in [1.165, 1.54) is 0 Å². The fraction of sp³-hybridized carbons (Fsp3) is 1.00. The van der Waals surface area contributed by atoms with E-state index < -0.39 is 13.2 Å². The van der Waals surface area contributed by atoms with Gasteiger partial charge < -0.3 is 0 Å². The maximum atomic E-state index is 8.56. The molecule has 0 radical (unpaired) electrons. The number of rotatable bonds is 4. The summed E-state index contributed by atoms with van der Waals surface area (Å²) in [6, 6.07) is 0. The van der Waals surface area contributed by atoms with Crippen molar-refractivity contribution in [1.82, 2.24) is 0 Å². The number of hydrogen-bond donors (Lipinski definition) is 4. The van der Waals surface area contributed by atoms with Gasteiger partial charge in [0.05, 0.1) is 0 Å². The minimum atomic E-state index is -2.47. The summed E-state index contributed by atoms with van der Waals surface area (Å²) < 4.78 is 0. The van der Waals surface area contributed by atoms with Gasteiger partial charge >= 0.3 is 53.1 Å². The SMILES string of the molecule is ClP(Cl)Cl.OC[PH](CO)(CO)CO. The van der Waals surface area contributed by atoms with Crippen LogP contribution < -0.4 is 0 Å². The fourth-order valence-corrected chi connectivity index (χ4v) is 0.900. The minimum absolute atomic E-state index is 0.267. The first-order valence-corrected chi connectivity index (χ1v) is 10.1. The van der Waals surface area contributed by atoms with E-state index >= 15 is 0 Å². The first-order chi connectivity index (χ1) is 5.97. The molecule has 0 aromatic carbocycles. The van der Waals surface area contributed by atoms with Gasteiger partial charge in [0.25, 0.3) is 0 Å². The molecule has 0 atom stereocenters. The zero-order valence-corrected chi connectivity index (χ0v) is 10.9. The van der Waals surface area contributed by atoms with Gasteiger partial charge in [-0.25, -0.2) is 0 Å². The van der Waals surface area contributed by atoms with Crippen molar-refractivity contribution >= 4 is 47.0 Å². The molecule has 0 spiro atoms. The predicted molar refractivity (Wildman–Crippen MR) is 61.1 cm³/mol. The van der Waals surface area contributed by atoms with E-state index in [1.807, 2.05) is 0 Å². The van der Waals surface area contributed by atoms with E-state index in [0.717, 1.165) is 0 Å². The van der Waals surface area contributed by atoms with Gasteiger partial charge in [-0.05, 0) is 0 Å². The Balaban J connectivity index is 0. The molecule has 0 saturated heterocycles. The summed E-state index contributed by atoms with van der Waals surface area (Å²) in [5.41, 5.74) is 0. The quantitative estimate of drug-likeness (QED) is 0.592. The molecule has 4 nitrogen and oxygen atoms in total. The molecule has 0 aliphatic carbocycles. The van der Waals surface area contributed by atoms with Gasteiger partial charge in [0.2, 0.25) is 0 Å². The van der Waals surface area contributed by atoms with Crippen LogP contribution in [-0.2, 0) is 0 Å². The molecule has 0 aliphatic rings. The predicted octanol–water partition coefficient (Wildman–Crippen LogP) is 1.47. The van der Waals surface area contributed by atoms with Crippen LogP contribution in [-0.4, -0.2) is 45.8 Å². The third-order valence-electron chi connectivity index (χ3n) is 1.34. The van der Waals surface area contributed by atoms with Crippen molar-refractivity contribution in [2.24, 2.45) is 0 Å². The number of aliphatic hydroxyl groups excluding tert-OH is 4. The topological polar surface area (TPSA) is 80.9 Å². The second kappa shape index (κ2) is 10.1. The third-order valence-corrected chi connectivity index (χ3v) is 4.02. The summed E-state index contributed by atoms with van der Waals surface area (Å²) in [5, 5.41) is 34.2. The summed E-state index contributed by atoms with van der Waals surface area (Å²) in [6.07, 6.45) is -1.07. The molecule has 9 heteroatoms. The third kappa shape index (κ3) is 9.86. The number of hydrogen-bond acceptors (Lipinski definition) is 4. The summed E-state index contributed by atoms with van der Waals surface area (Å²) in [7, 11) is -2.47. The molecular weight excluding hydrogens is 280 g/mol. The fourth-order valence-electron chi connectivity index (χ4n) is 0.300. The molecule has 0 bridgehead atoms. The molecule has 0 unspecified atom stereocenters. The number of aliphatic hydroxyl groups is 4. The summed E-state index contributed by atoms with van der Waals surface area (Å²) in [5.74, 6) is -1.20. The molecule has 0 aromatic rings. The molecule has 84 valence electrons. The maximum absolute atomic E-state index is 8.56. The molecule has 0 heterocycles. The average molecular weight is 293 g/mol. The van der Waals surface area contributed by atoms with E-state index in [4.69, 9.17) is 54.1 Å². The first kappa shape index (κ1) is 17.0. The van der Waals surface area contributed by atoms with Crippen LogP contribution in [0.3, 0.4) is 0 Å². The Bertz CT molecular complexity index is 93.3. The van der Waals surface area contributed by atoms with Crippen LogP contribution in [0, 0.1) is 0 Å². The zero-order valence-electron chi connectivity index (χ0n) is 6.70. The van der Waals surface area contributed by atoms with Gasteiger partial charge in [-0.1, -0.05) is 33.7 Å². The van der Waals surface area contributed by atoms with E-state index in [1.54, 1.807) is 0 Å². The Kier molecular flexibility index (Phi) is 13.2. The van der Waals surface area contributed by atoms with Crippen molar-refractivity contribution in [3.63, 3.8) is 0 Å². The van der Waals surface area contributed by atoms with Crippen molar-refractivity contribution in [2.45, 2.75) is 0 Å². The number of halogens is 3. The van der Waals surface area contributed by atoms with Gasteiger partial charge in [-0.2, -0.15) is 0 Å². The molecule has 0 rings (SSSR count). The van der Waals surface area contributed by atoms with Gasteiger partial charge in [0, 0.05) is 0 Å². The summed E-state index contributed by atoms with van der Waals surface area (Å²) >= 11 is 14.6. The van der Waals surface area contributed by atoms with Gasteiger partial charge in [0.15, 0.2) is 5.98 Å². The molecular formula is C4H13Cl3O4P2. The van der Waals surface area contributed by atoms with Crippen LogP contribution in [0.1, 0.15) is 0 Å². The summed E-state index contributed by atoms with van der Waals surface area (Å²) in [4.78, 5) is 0. The Morgan fingerprint density at radius 1 is 0.769 bits per heavy atom. The van der Waals surface area contributed by atoms with Crippen LogP contribution in [0.25, 0.3) is 0 Å². The van der Waals surface area contributed by atoms with Crippen molar-refractivity contribution in [2.75, 3.05) is 25.4 Å². The molecule has 0 amide bonds. The average Bonchev–Trinajstić information content (AvgIpc) is 2.09. The van der Waals surface area contributed by atoms with Crippen molar-refractivity contribution in [1.29, 1.82) is 0 Å². The van der Waals surface area contributed by atoms with E-state index in [-0.39, 0.29) is 25.4 Å².